The number of aryl methyl sites for hydroxylation is 1. The first kappa shape index (κ1) is 16.5. The molecule has 0 saturated heterocycles. The SMILES string of the molecule is Cn1nc(-c2ccc(NC(=O)c3ccc(F)cc3F)cc2)ccc1=O. The molecule has 5 nitrogen and oxygen atoms in total. The van der Waals surface area contributed by atoms with Gasteiger partial charge in [0.05, 0.1) is 11.3 Å². The molecule has 0 atom stereocenters. The highest BCUT2D eigenvalue weighted by Gasteiger charge is 2.12. The molecule has 0 bridgehead atoms. The summed E-state index contributed by atoms with van der Waals surface area (Å²) in [6.07, 6.45) is 0. The normalized spacial score (nSPS) is 10.5. The molecule has 0 aliphatic heterocycles. The number of nitrogens with zero attached hydrogens (tertiary/aromatic N) is 2. The van der Waals surface area contributed by atoms with Crippen molar-refractivity contribution in [3.05, 3.63) is 82.1 Å². The van der Waals surface area contributed by atoms with E-state index in [0.29, 0.717) is 17.4 Å². The van der Waals surface area contributed by atoms with E-state index in [1.807, 2.05) is 0 Å². The van der Waals surface area contributed by atoms with Crippen LogP contribution < -0.4 is 10.9 Å². The molecule has 1 heterocycles. The summed E-state index contributed by atoms with van der Waals surface area (Å²) in [6.45, 7) is 0. The van der Waals surface area contributed by atoms with Gasteiger partial charge in [0.2, 0.25) is 0 Å². The molecule has 2 aromatic carbocycles. The second kappa shape index (κ2) is 6.64. The number of benzene rings is 2. The Labute approximate surface area is 141 Å². The third kappa shape index (κ3) is 3.60. The number of amides is 1. The summed E-state index contributed by atoms with van der Waals surface area (Å²) in [4.78, 5) is 23.4. The van der Waals surface area contributed by atoms with Gasteiger partial charge in [-0.05, 0) is 30.3 Å². The maximum absolute atomic E-state index is 13.6. The number of aromatic nitrogens is 2. The Kier molecular flexibility index (Phi) is 4.38. The molecular formula is C18H13F2N3O2. The lowest BCUT2D eigenvalue weighted by molar-refractivity contribution is 0.102. The molecule has 7 heteroatoms. The first-order chi connectivity index (χ1) is 11.9. The van der Waals surface area contributed by atoms with Gasteiger partial charge in [-0.3, -0.25) is 9.59 Å². The highest BCUT2D eigenvalue weighted by Crippen LogP contribution is 2.19. The van der Waals surface area contributed by atoms with Crippen LogP contribution in [-0.4, -0.2) is 15.7 Å². The monoisotopic (exact) mass is 341 g/mol. The molecule has 3 rings (SSSR count). The van der Waals surface area contributed by atoms with E-state index in [-0.39, 0.29) is 11.1 Å². The van der Waals surface area contributed by atoms with Crippen molar-refractivity contribution in [3.63, 3.8) is 0 Å². The zero-order valence-electron chi connectivity index (χ0n) is 13.2. The van der Waals surface area contributed by atoms with E-state index in [9.17, 15) is 18.4 Å². The maximum Gasteiger partial charge on any atom is 0.266 e. The zero-order valence-corrected chi connectivity index (χ0v) is 13.2. The van der Waals surface area contributed by atoms with Gasteiger partial charge in [0, 0.05) is 30.4 Å². The van der Waals surface area contributed by atoms with Gasteiger partial charge in [0.1, 0.15) is 11.6 Å². The van der Waals surface area contributed by atoms with E-state index in [1.54, 1.807) is 37.4 Å². The molecule has 0 unspecified atom stereocenters. The minimum atomic E-state index is -0.927. The number of halogens is 2. The second-order valence-corrected chi connectivity index (χ2v) is 5.34. The molecule has 3 aromatic rings. The van der Waals surface area contributed by atoms with Gasteiger partial charge in [0.25, 0.3) is 11.5 Å². The van der Waals surface area contributed by atoms with Gasteiger partial charge in [-0.25, -0.2) is 13.5 Å². The average molecular weight is 341 g/mol. The largest absolute Gasteiger partial charge is 0.322 e. The molecule has 25 heavy (non-hydrogen) atoms. The fraction of sp³-hybridized carbons (Fsp3) is 0.0556. The van der Waals surface area contributed by atoms with E-state index in [4.69, 9.17) is 0 Å². The molecule has 0 aliphatic rings. The van der Waals surface area contributed by atoms with Crippen molar-refractivity contribution >= 4 is 11.6 Å². The van der Waals surface area contributed by atoms with Gasteiger partial charge in [-0.15, -0.1) is 0 Å². The summed E-state index contributed by atoms with van der Waals surface area (Å²) in [5, 5.41) is 6.67. The standard InChI is InChI=1S/C18H13F2N3O2/c1-23-17(24)9-8-16(22-23)11-2-5-13(6-3-11)21-18(25)14-7-4-12(19)10-15(14)20/h2-10H,1H3,(H,21,25). The third-order valence-corrected chi connectivity index (χ3v) is 3.57. The Balaban J connectivity index is 1.79. The highest BCUT2D eigenvalue weighted by molar-refractivity contribution is 6.04. The molecule has 126 valence electrons. The van der Waals surface area contributed by atoms with Crippen LogP contribution in [-0.2, 0) is 7.05 Å². The summed E-state index contributed by atoms with van der Waals surface area (Å²) < 4.78 is 27.7. The Morgan fingerprint density at radius 3 is 2.40 bits per heavy atom. The quantitative estimate of drug-likeness (QED) is 0.797. The Bertz CT molecular complexity index is 998. The number of hydrogen-bond acceptors (Lipinski definition) is 3. The van der Waals surface area contributed by atoms with Gasteiger partial charge in [0.15, 0.2) is 0 Å². The summed E-state index contributed by atoms with van der Waals surface area (Å²) in [5.74, 6) is -2.35. The van der Waals surface area contributed by atoms with Crippen LogP contribution in [0, 0.1) is 11.6 Å². The van der Waals surface area contributed by atoms with Crippen molar-refractivity contribution in [3.8, 4) is 11.3 Å². The first-order valence-corrected chi connectivity index (χ1v) is 7.35. The van der Waals surface area contributed by atoms with E-state index >= 15 is 0 Å². The van der Waals surface area contributed by atoms with E-state index < -0.39 is 17.5 Å². The van der Waals surface area contributed by atoms with Crippen LogP contribution in [0.1, 0.15) is 10.4 Å². The van der Waals surface area contributed by atoms with Crippen LogP contribution in [0.15, 0.2) is 59.4 Å². The van der Waals surface area contributed by atoms with Crippen molar-refractivity contribution in [2.75, 3.05) is 5.32 Å². The van der Waals surface area contributed by atoms with Crippen LogP contribution in [0.25, 0.3) is 11.3 Å². The lowest BCUT2D eigenvalue weighted by atomic mass is 10.1. The van der Waals surface area contributed by atoms with E-state index in [0.717, 1.165) is 17.7 Å². The molecule has 0 radical (unpaired) electrons. The van der Waals surface area contributed by atoms with Crippen LogP contribution in [0.4, 0.5) is 14.5 Å². The van der Waals surface area contributed by atoms with E-state index in [2.05, 4.69) is 10.4 Å². The van der Waals surface area contributed by atoms with Crippen LogP contribution in [0.5, 0.6) is 0 Å². The molecule has 1 aromatic heterocycles. The average Bonchev–Trinajstić information content (AvgIpc) is 2.58. The molecule has 0 fully saturated rings. The van der Waals surface area contributed by atoms with Crippen LogP contribution >= 0.6 is 0 Å². The lowest BCUT2D eigenvalue weighted by Crippen LogP contribution is -2.18. The van der Waals surface area contributed by atoms with Crippen molar-refractivity contribution in [2.45, 2.75) is 0 Å². The molecule has 0 saturated carbocycles. The van der Waals surface area contributed by atoms with Crippen LogP contribution in [0.3, 0.4) is 0 Å². The van der Waals surface area contributed by atoms with E-state index in [1.165, 1.54) is 10.7 Å². The summed E-state index contributed by atoms with van der Waals surface area (Å²) >= 11 is 0. The predicted octanol–water partition coefficient (Wildman–Crippen LogP) is 2.98. The molecule has 0 aliphatic carbocycles. The Morgan fingerprint density at radius 2 is 1.76 bits per heavy atom. The van der Waals surface area contributed by atoms with Gasteiger partial charge >= 0.3 is 0 Å². The predicted molar refractivity (Wildman–Crippen MR) is 89.2 cm³/mol. The molecule has 1 N–H and O–H groups in total. The minimum Gasteiger partial charge on any atom is -0.322 e. The number of carbonyl (C=O) groups excluding carboxylic acids is 1. The van der Waals surface area contributed by atoms with Crippen molar-refractivity contribution in [1.29, 1.82) is 0 Å². The smallest absolute Gasteiger partial charge is 0.266 e. The molecular weight excluding hydrogens is 328 g/mol. The Hall–Kier alpha value is -3.35. The zero-order chi connectivity index (χ0) is 18.0. The second-order valence-electron chi connectivity index (χ2n) is 5.34. The number of nitrogens with one attached hydrogen (secondary N) is 1. The van der Waals surface area contributed by atoms with Gasteiger partial charge in [-0.1, -0.05) is 12.1 Å². The van der Waals surface area contributed by atoms with Gasteiger partial charge < -0.3 is 5.32 Å². The molecule has 1 amide bonds. The van der Waals surface area contributed by atoms with Gasteiger partial charge in [-0.2, -0.15) is 5.10 Å². The van der Waals surface area contributed by atoms with Crippen molar-refractivity contribution < 1.29 is 13.6 Å². The Morgan fingerprint density at radius 1 is 1.04 bits per heavy atom. The van der Waals surface area contributed by atoms with Crippen molar-refractivity contribution in [2.24, 2.45) is 7.05 Å². The first-order valence-electron chi connectivity index (χ1n) is 7.35. The highest BCUT2D eigenvalue weighted by atomic mass is 19.1. The number of rotatable bonds is 3. The number of carbonyl (C=O) groups is 1. The topological polar surface area (TPSA) is 64.0 Å². The van der Waals surface area contributed by atoms with Crippen molar-refractivity contribution in [1.82, 2.24) is 9.78 Å². The molecule has 0 spiro atoms. The number of hydrogen-bond donors (Lipinski definition) is 1. The fourth-order valence-corrected chi connectivity index (χ4v) is 2.25. The summed E-state index contributed by atoms with van der Waals surface area (Å²) in [6, 6.07) is 12.5. The summed E-state index contributed by atoms with van der Waals surface area (Å²) in [7, 11) is 1.55. The maximum atomic E-state index is 13.6. The fourth-order valence-electron chi connectivity index (χ4n) is 2.25. The van der Waals surface area contributed by atoms with Crippen LogP contribution in [0.2, 0.25) is 0 Å². The summed E-state index contributed by atoms with van der Waals surface area (Å²) in [5.41, 5.74) is 1.34. The minimum absolute atomic E-state index is 0.214. The third-order valence-electron chi connectivity index (χ3n) is 3.57. The number of anilines is 1. The lowest BCUT2D eigenvalue weighted by Gasteiger charge is -2.08.